The number of rotatable bonds is 8. The van der Waals surface area contributed by atoms with E-state index in [9.17, 15) is 15.0 Å². The Balaban J connectivity index is 0.00000158. The Kier molecular flexibility index (Phi) is 8.20. The van der Waals surface area contributed by atoms with Crippen LogP contribution < -0.4 is 19.5 Å². The molecule has 182 valence electrons. The second-order valence-electron chi connectivity index (χ2n) is 7.50. The standard InChI is InChI=1S/C24H26N2O6.C2H6/c1-30-20-8-14(9-21(31-2)23(20)32-3)22-17(10-25-24(22)29)18-12-26(11-15(28)13-27)19-7-5-4-6-16(18)19;1-2/h4-9,12,15,27-28H,10-11,13H2,1-3H3,(H,25,29);1-2H3. The van der Waals surface area contributed by atoms with E-state index in [1.165, 1.54) is 21.3 Å². The first-order valence-electron chi connectivity index (χ1n) is 11.2. The molecule has 2 aromatic carbocycles. The molecule has 1 aliphatic rings. The molecule has 0 saturated heterocycles. The molecule has 1 amide bonds. The van der Waals surface area contributed by atoms with Gasteiger partial charge >= 0.3 is 0 Å². The molecular weight excluding hydrogens is 436 g/mol. The predicted octanol–water partition coefficient (Wildman–Crippen LogP) is 3.09. The van der Waals surface area contributed by atoms with Gasteiger partial charge in [-0.3, -0.25) is 4.79 Å². The first kappa shape index (κ1) is 25.1. The van der Waals surface area contributed by atoms with E-state index in [2.05, 4.69) is 5.32 Å². The fourth-order valence-electron chi connectivity index (χ4n) is 4.17. The number of aliphatic hydroxyl groups excluding tert-OH is 2. The molecule has 0 bridgehead atoms. The Hall–Kier alpha value is -3.49. The molecule has 1 aliphatic heterocycles. The van der Waals surface area contributed by atoms with Crippen molar-refractivity contribution in [2.75, 3.05) is 34.5 Å². The van der Waals surface area contributed by atoms with E-state index in [1.54, 1.807) is 12.1 Å². The lowest BCUT2D eigenvalue weighted by molar-refractivity contribution is -0.114. The minimum absolute atomic E-state index is 0.193. The normalized spacial score (nSPS) is 13.9. The van der Waals surface area contributed by atoms with E-state index in [0.717, 1.165) is 22.0 Å². The Bertz CT molecular complexity index is 1170. The number of fused-ring (bicyclic) bond motifs is 1. The maximum Gasteiger partial charge on any atom is 0.252 e. The molecule has 4 rings (SSSR count). The van der Waals surface area contributed by atoms with Gasteiger partial charge in [0.05, 0.1) is 46.2 Å². The van der Waals surface area contributed by atoms with E-state index in [4.69, 9.17) is 14.2 Å². The number of para-hydroxylation sites is 1. The van der Waals surface area contributed by atoms with Crippen LogP contribution >= 0.6 is 0 Å². The number of methoxy groups -OCH3 is 3. The molecular formula is C26H32N2O6. The Labute approximate surface area is 199 Å². The Morgan fingerprint density at radius 3 is 2.29 bits per heavy atom. The highest BCUT2D eigenvalue weighted by Gasteiger charge is 2.29. The lowest BCUT2D eigenvalue weighted by Crippen LogP contribution is -2.19. The lowest BCUT2D eigenvalue weighted by Gasteiger charge is -2.15. The Morgan fingerprint density at radius 1 is 1.06 bits per heavy atom. The summed E-state index contributed by atoms with van der Waals surface area (Å²) in [5, 5.41) is 23.2. The average Bonchev–Trinajstić information content (AvgIpc) is 3.44. The number of aromatic nitrogens is 1. The average molecular weight is 469 g/mol. The van der Waals surface area contributed by atoms with Crippen LogP contribution in [0.25, 0.3) is 22.0 Å². The molecule has 0 aliphatic carbocycles. The highest BCUT2D eigenvalue weighted by molar-refractivity contribution is 6.31. The number of ether oxygens (including phenoxy) is 3. The topological polar surface area (TPSA) is 102 Å². The lowest BCUT2D eigenvalue weighted by atomic mass is 9.96. The van der Waals surface area contributed by atoms with Crippen LogP contribution in [0.2, 0.25) is 0 Å². The number of benzene rings is 2. The van der Waals surface area contributed by atoms with Crippen LogP contribution in [0.3, 0.4) is 0 Å². The van der Waals surface area contributed by atoms with Gasteiger partial charge in [0.1, 0.15) is 0 Å². The molecule has 3 aromatic rings. The quantitative estimate of drug-likeness (QED) is 0.470. The van der Waals surface area contributed by atoms with Crippen LogP contribution in [0.4, 0.5) is 0 Å². The molecule has 34 heavy (non-hydrogen) atoms. The van der Waals surface area contributed by atoms with Crippen molar-refractivity contribution in [1.82, 2.24) is 9.88 Å². The molecule has 1 aromatic heterocycles. The largest absolute Gasteiger partial charge is 0.493 e. The molecule has 2 heterocycles. The van der Waals surface area contributed by atoms with Crippen LogP contribution in [0.15, 0.2) is 42.6 Å². The van der Waals surface area contributed by atoms with Gasteiger partial charge in [-0.05, 0) is 29.3 Å². The summed E-state index contributed by atoms with van der Waals surface area (Å²) in [6, 6.07) is 11.3. The molecule has 0 fully saturated rings. The number of carbonyl (C=O) groups excluding carboxylic acids is 1. The minimum atomic E-state index is -0.884. The van der Waals surface area contributed by atoms with Crippen LogP contribution in [0.5, 0.6) is 17.2 Å². The maximum absolute atomic E-state index is 12.9. The van der Waals surface area contributed by atoms with Gasteiger partial charge in [0.2, 0.25) is 5.75 Å². The van der Waals surface area contributed by atoms with Crippen molar-refractivity contribution >= 4 is 28.0 Å². The van der Waals surface area contributed by atoms with Gasteiger partial charge in [-0.25, -0.2) is 0 Å². The fraction of sp³-hybridized carbons (Fsp3) is 0.346. The molecule has 0 radical (unpaired) electrons. The van der Waals surface area contributed by atoms with Crippen LogP contribution in [0, 0.1) is 0 Å². The van der Waals surface area contributed by atoms with Gasteiger partial charge in [-0.15, -0.1) is 0 Å². The van der Waals surface area contributed by atoms with Crippen LogP contribution in [-0.2, 0) is 11.3 Å². The zero-order valence-electron chi connectivity index (χ0n) is 20.2. The maximum atomic E-state index is 12.9. The smallest absolute Gasteiger partial charge is 0.252 e. The summed E-state index contributed by atoms with van der Waals surface area (Å²) < 4.78 is 18.2. The number of nitrogens with one attached hydrogen (secondary N) is 1. The summed E-state index contributed by atoms with van der Waals surface area (Å²) in [7, 11) is 4.60. The third-order valence-corrected chi connectivity index (χ3v) is 5.64. The second-order valence-corrected chi connectivity index (χ2v) is 7.50. The van der Waals surface area contributed by atoms with Gasteiger partial charge in [-0.2, -0.15) is 0 Å². The summed E-state index contributed by atoms with van der Waals surface area (Å²) in [4.78, 5) is 12.9. The summed E-state index contributed by atoms with van der Waals surface area (Å²) in [6.07, 6.45) is 1.03. The summed E-state index contributed by atoms with van der Waals surface area (Å²) in [6.45, 7) is 4.27. The van der Waals surface area contributed by atoms with Gasteiger partial charge < -0.3 is 34.3 Å². The van der Waals surface area contributed by atoms with Crippen LogP contribution in [-0.4, -0.2) is 61.3 Å². The third-order valence-electron chi connectivity index (χ3n) is 5.64. The van der Waals surface area contributed by atoms with Crippen molar-refractivity contribution in [3.8, 4) is 17.2 Å². The molecule has 8 heteroatoms. The van der Waals surface area contributed by atoms with Gasteiger partial charge in [-0.1, -0.05) is 32.0 Å². The molecule has 1 unspecified atom stereocenters. The summed E-state index contributed by atoms with van der Waals surface area (Å²) >= 11 is 0. The summed E-state index contributed by atoms with van der Waals surface area (Å²) in [5.74, 6) is 1.18. The molecule has 8 nitrogen and oxygen atoms in total. The molecule has 1 atom stereocenters. The van der Waals surface area contributed by atoms with Gasteiger partial charge in [0.25, 0.3) is 5.91 Å². The first-order chi connectivity index (χ1) is 16.5. The number of hydrogen-bond donors (Lipinski definition) is 3. The zero-order valence-corrected chi connectivity index (χ0v) is 20.2. The number of carbonyl (C=O) groups is 1. The predicted molar refractivity (Wildman–Crippen MR) is 132 cm³/mol. The first-order valence-corrected chi connectivity index (χ1v) is 11.2. The highest BCUT2D eigenvalue weighted by Crippen LogP contribution is 2.43. The zero-order chi connectivity index (χ0) is 24.8. The highest BCUT2D eigenvalue weighted by atomic mass is 16.5. The van der Waals surface area contributed by atoms with Gasteiger partial charge in [0, 0.05) is 29.2 Å². The minimum Gasteiger partial charge on any atom is -0.493 e. The number of hydrogen-bond acceptors (Lipinski definition) is 6. The second kappa shape index (κ2) is 11.1. The molecule has 0 spiro atoms. The third kappa shape index (κ3) is 4.60. The van der Waals surface area contributed by atoms with Crippen molar-refractivity contribution in [3.63, 3.8) is 0 Å². The van der Waals surface area contributed by atoms with E-state index >= 15 is 0 Å². The summed E-state index contributed by atoms with van der Waals surface area (Å²) in [5.41, 5.74) is 3.79. The monoisotopic (exact) mass is 468 g/mol. The van der Waals surface area contributed by atoms with Crippen molar-refractivity contribution in [3.05, 3.63) is 53.7 Å². The fourth-order valence-corrected chi connectivity index (χ4v) is 4.17. The van der Waals surface area contributed by atoms with Crippen molar-refractivity contribution < 1.29 is 29.2 Å². The van der Waals surface area contributed by atoms with E-state index in [0.29, 0.717) is 34.9 Å². The number of aliphatic hydroxyl groups is 2. The number of amides is 1. The SMILES string of the molecule is CC.COc1cc(C2=C(c3cn(CC(O)CO)c4ccccc34)CNC2=O)cc(OC)c1OC. The van der Waals surface area contributed by atoms with Crippen molar-refractivity contribution in [2.45, 2.75) is 26.5 Å². The molecule has 0 saturated carbocycles. The number of nitrogens with zero attached hydrogens (tertiary/aromatic N) is 1. The van der Waals surface area contributed by atoms with Gasteiger partial charge in [0.15, 0.2) is 11.5 Å². The molecule has 3 N–H and O–H groups in total. The van der Waals surface area contributed by atoms with Crippen LogP contribution in [0.1, 0.15) is 25.0 Å². The van der Waals surface area contributed by atoms with Crippen molar-refractivity contribution in [1.29, 1.82) is 0 Å². The van der Waals surface area contributed by atoms with E-state index in [-0.39, 0.29) is 19.1 Å². The van der Waals surface area contributed by atoms with E-state index in [1.807, 2.05) is 48.9 Å². The van der Waals surface area contributed by atoms with Crippen molar-refractivity contribution in [2.24, 2.45) is 0 Å². The van der Waals surface area contributed by atoms with E-state index < -0.39 is 6.10 Å². The Morgan fingerprint density at radius 2 is 1.71 bits per heavy atom.